The van der Waals surface area contributed by atoms with E-state index < -0.39 is 5.97 Å². The van der Waals surface area contributed by atoms with Crippen LogP contribution in [0.4, 0.5) is 0 Å². The zero-order chi connectivity index (χ0) is 14.9. The third-order valence-corrected chi connectivity index (χ3v) is 3.64. The summed E-state index contributed by atoms with van der Waals surface area (Å²) in [6.45, 7) is 2.26. The second-order valence-corrected chi connectivity index (χ2v) is 5.71. The SMILES string of the molecule is CCCCCCCC/C=C\CCCCCCCC(=O)[O-].[Cu+2]. The zero-order valence-electron chi connectivity index (χ0n) is 13.7. The van der Waals surface area contributed by atoms with Gasteiger partial charge in [-0.3, -0.25) is 0 Å². The number of carboxylic acids is 1. The van der Waals surface area contributed by atoms with E-state index in [2.05, 4.69) is 19.1 Å². The molecule has 0 bridgehead atoms. The number of hydrogen-bond donors (Lipinski definition) is 0. The molecular formula is C18H33CuO2+. The molecule has 0 atom stereocenters. The first-order valence-electron chi connectivity index (χ1n) is 8.62. The van der Waals surface area contributed by atoms with Crippen molar-refractivity contribution >= 4 is 5.97 Å². The molecule has 0 unspecified atom stereocenters. The van der Waals surface area contributed by atoms with Gasteiger partial charge in [-0.05, 0) is 38.5 Å². The Bertz CT molecular complexity index is 239. The third kappa shape index (κ3) is 22.2. The first kappa shape index (κ1) is 23.0. The summed E-state index contributed by atoms with van der Waals surface area (Å²) in [7, 11) is 0. The largest absolute Gasteiger partial charge is 2.00 e. The van der Waals surface area contributed by atoms with Crippen molar-refractivity contribution < 1.29 is 27.0 Å². The van der Waals surface area contributed by atoms with Gasteiger partial charge in [-0.1, -0.05) is 70.4 Å². The van der Waals surface area contributed by atoms with Crippen molar-refractivity contribution in [2.24, 2.45) is 0 Å². The predicted octanol–water partition coefficient (Wildman–Crippen LogP) is 4.77. The van der Waals surface area contributed by atoms with Gasteiger partial charge < -0.3 is 9.90 Å². The van der Waals surface area contributed by atoms with Gasteiger partial charge >= 0.3 is 17.1 Å². The zero-order valence-corrected chi connectivity index (χ0v) is 14.6. The van der Waals surface area contributed by atoms with Crippen molar-refractivity contribution in [2.45, 2.75) is 96.8 Å². The maximum Gasteiger partial charge on any atom is 2.00 e. The Labute approximate surface area is 142 Å². The second kappa shape index (κ2) is 19.7. The monoisotopic (exact) mass is 344 g/mol. The first-order chi connectivity index (χ1) is 9.77. The molecule has 0 N–H and O–H groups in total. The van der Waals surface area contributed by atoms with Crippen LogP contribution in [0.15, 0.2) is 12.2 Å². The normalized spacial score (nSPS) is 10.7. The fraction of sp³-hybridized carbons (Fsp3) is 0.833. The van der Waals surface area contributed by atoms with E-state index in [0.717, 1.165) is 19.3 Å². The van der Waals surface area contributed by atoms with Crippen LogP contribution in [0.2, 0.25) is 0 Å². The summed E-state index contributed by atoms with van der Waals surface area (Å²) in [6.07, 6.45) is 20.9. The van der Waals surface area contributed by atoms with Gasteiger partial charge in [0.15, 0.2) is 0 Å². The number of aliphatic carboxylic acids is 1. The number of carboxylic acid groups (broad SMARTS) is 1. The Morgan fingerprint density at radius 3 is 1.67 bits per heavy atom. The summed E-state index contributed by atoms with van der Waals surface area (Å²) in [4.78, 5) is 10.2. The van der Waals surface area contributed by atoms with Crippen molar-refractivity contribution in [3.8, 4) is 0 Å². The van der Waals surface area contributed by atoms with Crippen LogP contribution in [0.5, 0.6) is 0 Å². The molecule has 3 heteroatoms. The number of hydrogen-bond acceptors (Lipinski definition) is 2. The van der Waals surface area contributed by atoms with Crippen LogP contribution < -0.4 is 5.11 Å². The van der Waals surface area contributed by atoms with Crippen LogP contribution in [0.1, 0.15) is 96.8 Å². The Balaban J connectivity index is 0. The first-order valence-corrected chi connectivity index (χ1v) is 8.62. The van der Waals surface area contributed by atoms with Crippen molar-refractivity contribution in [2.75, 3.05) is 0 Å². The Kier molecular flexibility index (Phi) is 21.6. The van der Waals surface area contributed by atoms with E-state index in [1.54, 1.807) is 0 Å². The predicted molar refractivity (Wildman–Crippen MR) is 84.5 cm³/mol. The topological polar surface area (TPSA) is 40.1 Å². The number of unbranched alkanes of at least 4 members (excludes halogenated alkanes) is 11. The minimum Gasteiger partial charge on any atom is -0.550 e. The molecule has 0 aromatic heterocycles. The fourth-order valence-electron chi connectivity index (χ4n) is 2.34. The molecule has 0 rings (SSSR count). The van der Waals surface area contributed by atoms with Crippen molar-refractivity contribution in [1.82, 2.24) is 0 Å². The van der Waals surface area contributed by atoms with Crippen molar-refractivity contribution in [3.63, 3.8) is 0 Å². The number of allylic oxidation sites excluding steroid dienone is 2. The fourth-order valence-corrected chi connectivity index (χ4v) is 2.34. The molecular weight excluding hydrogens is 312 g/mol. The van der Waals surface area contributed by atoms with Crippen LogP contribution >= 0.6 is 0 Å². The molecule has 0 amide bonds. The van der Waals surface area contributed by atoms with Crippen molar-refractivity contribution in [1.29, 1.82) is 0 Å². The van der Waals surface area contributed by atoms with Crippen LogP contribution in [0.3, 0.4) is 0 Å². The minimum atomic E-state index is -0.914. The van der Waals surface area contributed by atoms with Crippen LogP contribution in [0, 0.1) is 0 Å². The van der Waals surface area contributed by atoms with E-state index >= 15 is 0 Å². The second-order valence-electron chi connectivity index (χ2n) is 5.71. The van der Waals surface area contributed by atoms with Crippen LogP contribution in [-0.2, 0) is 21.9 Å². The van der Waals surface area contributed by atoms with Gasteiger partial charge in [-0.25, -0.2) is 0 Å². The van der Waals surface area contributed by atoms with Gasteiger partial charge in [-0.15, -0.1) is 0 Å². The van der Waals surface area contributed by atoms with E-state index in [-0.39, 0.29) is 23.5 Å². The molecule has 0 aromatic carbocycles. The number of carbonyl (C=O) groups excluding carboxylic acids is 1. The van der Waals surface area contributed by atoms with Crippen LogP contribution in [-0.4, -0.2) is 5.97 Å². The van der Waals surface area contributed by atoms with Gasteiger partial charge in [0.1, 0.15) is 0 Å². The van der Waals surface area contributed by atoms with E-state index in [1.807, 2.05) is 0 Å². The van der Waals surface area contributed by atoms with Crippen molar-refractivity contribution in [3.05, 3.63) is 12.2 Å². The molecule has 0 saturated carbocycles. The van der Waals surface area contributed by atoms with Crippen LogP contribution in [0.25, 0.3) is 0 Å². The molecule has 2 nitrogen and oxygen atoms in total. The molecule has 0 spiro atoms. The smallest absolute Gasteiger partial charge is 0.550 e. The molecule has 21 heavy (non-hydrogen) atoms. The quantitative estimate of drug-likeness (QED) is 0.244. The average molecular weight is 345 g/mol. The standard InChI is InChI=1S/C18H34O2.Cu/c1-2-3-4-5-6-7-8-9-10-11-12-13-14-15-16-17-18(19)20;/h9-10H,2-8,11-17H2,1H3,(H,19,20);/q;+2/p-1/b10-9-;. The summed E-state index contributed by atoms with van der Waals surface area (Å²) < 4.78 is 0. The number of rotatable bonds is 15. The summed E-state index contributed by atoms with van der Waals surface area (Å²) >= 11 is 0. The van der Waals surface area contributed by atoms with Gasteiger partial charge in [0.25, 0.3) is 0 Å². The molecule has 0 fully saturated rings. The third-order valence-electron chi connectivity index (χ3n) is 3.64. The summed E-state index contributed by atoms with van der Waals surface area (Å²) in [5, 5.41) is 10.2. The maximum absolute atomic E-state index is 10.2. The Morgan fingerprint density at radius 2 is 1.19 bits per heavy atom. The van der Waals surface area contributed by atoms with Gasteiger partial charge in [0, 0.05) is 5.97 Å². The van der Waals surface area contributed by atoms with Gasteiger partial charge in [0.05, 0.1) is 0 Å². The average Bonchev–Trinajstić information content (AvgIpc) is 2.43. The molecule has 1 radical (unpaired) electrons. The van der Waals surface area contributed by atoms with E-state index in [9.17, 15) is 9.90 Å². The van der Waals surface area contributed by atoms with Gasteiger partial charge in [0.2, 0.25) is 0 Å². The molecule has 0 aliphatic heterocycles. The maximum atomic E-state index is 10.2. The Hall–Kier alpha value is -0.271. The summed E-state index contributed by atoms with van der Waals surface area (Å²) in [5.41, 5.74) is 0. The minimum absolute atomic E-state index is 0. The van der Waals surface area contributed by atoms with E-state index in [0.29, 0.717) is 0 Å². The molecule has 0 saturated heterocycles. The molecule has 0 heterocycles. The van der Waals surface area contributed by atoms with E-state index in [4.69, 9.17) is 0 Å². The van der Waals surface area contributed by atoms with E-state index in [1.165, 1.54) is 64.2 Å². The Morgan fingerprint density at radius 1 is 0.762 bits per heavy atom. The summed E-state index contributed by atoms with van der Waals surface area (Å²) in [6, 6.07) is 0. The molecule has 0 aromatic rings. The molecule has 0 aliphatic rings. The molecule has 0 aliphatic carbocycles. The summed E-state index contributed by atoms with van der Waals surface area (Å²) in [5.74, 6) is -0.914. The number of carbonyl (C=O) groups is 1. The molecule has 127 valence electrons. The van der Waals surface area contributed by atoms with Gasteiger partial charge in [-0.2, -0.15) is 0 Å².